The van der Waals surface area contributed by atoms with E-state index in [-0.39, 0.29) is 12.5 Å². The molecule has 0 spiro atoms. The minimum absolute atomic E-state index is 0.0602. The number of halogens is 1. The topological polar surface area (TPSA) is 49.3 Å². The Balaban J connectivity index is 2.04. The molecule has 2 rings (SSSR count). The fraction of sp³-hybridized carbons (Fsp3) is 0.417. The second kappa shape index (κ2) is 4.55. The normalized spacial score (nSPS) is 17.6. The minimum Gasteiger partial charge on any atom is -0.395 e. The smallest absolute Gasteiger partial charge is 0.232 e. The molecule has 1 aliphatic rings. The van der Waals surface area contributed by atoms with Crippen LogP contribution in [0.15, 0.2) is 28.7 Å². The van der Waals surface area contributed by atoms with E-state index < -0.39 is 5.41 Å². The number of aliphatic hydroxyl groups excluding tert-OH is 1. The number of carbonyl (C=O) groups excluding carboxylic acids is 1. The molecule has 1 aromatic carbocycles. The molecule has 0 aliphatic heterocycles. The third-order valence-electron chi connectivity index (χ3n) is 3.20. The van der Waals surface area contributed by atoms with Gasteiger partial charge >= 0.3 is 0 Å². The summed E-state index contributed by atoms with van der Waals surface area (Å²) < 4.78 is 0.978. The average Bonchev–Trinajstić information content (AvgIpc) is 2.21. The van der Waals surface area contributed by atoms with E-state index in [1.54, 1.807) is 0 Å². The number of amides is 1. The van der Waals surface area contributed by atoms with Gasteiger partial charge in [0.25, 0.3) is 0 Å². The number of benzene rings is 1. The van der Waals surface area contributed by atoms with Gasteiger partial charge in [0.05, 0.1) is 12.0 Å². The molecule has 16 heavy (non-hydrogen) atoms. The summed E-state index contributed by atoms with van der Waals surface area (Å²) in [5.74, 6) is -0.0661. The van der Waals surface area contributed by atoms with E-state index in [1.165, 1.54) is 0 Å². The highest BCUT2D eigenvalue weighted by Crippen LogP contribution is 2.41. The molecule has 1 saturated carbocycles. The van der Waals surface area contributed by atoms with Crippen LogP contribution in [0.4, 0.5) is 5.69 Å². The zero-order valence-corrected chi connectivity index (χ0v) is 10.5. The molecule has 3 nitrogen and oxygen atoms in total. The van der Waals surface area contributed by atoms with E-state index in [2.05, 4.69) is 21.2 Å². The van der Waals surface area contributed by atoms with Crippen LogP contribution in [0.5, 0.6) is 0 Å². The Morgan fingerprint density at radius 2 is 2.00 bits per heavy atom. The van der Waals surface area contributed by atoms with Crippen molar-refractivity contribution in [2.45, 2.75) is 19.3 Å². The summed E-state index contributed by atoms with van der Waals surface area (Å²) in [6, 6.07) is 7.43. The first kappa shape index (κ1) is 11.6. The van der Waals surface area contributed by atoms with E-state index in [4.69, 9.17) is 0 Å². The van der Waals surface area contributed by atoms with Gasteiger partial charge in [0.1, 0.15) is 0 Å². The van der Waals surface area contributed by atoms with Crippen molar-refractivity contribution >= 4 is 27.5 Å². The van der Waals surface area contributed by atoms with Crippen LogP contribution >= 0.6 is 15.9 Å². The molecular weight excluding hydrogens is 270 g/mol. The van der Waals surface area contributed by atoms with Crippen molar-refractivity contribution in [3.05, 3.63) is 28.7 Å². The molecule has 1 aliphatic carbocycles. The first-order valence-corrected chi connectivity index (χ1v) is 6.13. The van der Waals surface area contributed by atoms with Crippen molar-refractivity contribution in [2.75, 3.05) is 11.9 Å². The van der Waals surface area contributed by atoms with Gasteiger partial charge in [-0.05, 0) is 37.1 Å². The summed E-state index contributed by atoms with van der Waals surface area (Å²) in [6.45, 7) is -0.0602. The van der Waals surface area contributed by atoms with Crippen molar-refractivity contribution in [3.63, 3.8) is 0 Å². The van der Waals surface area contributed by atoms with Gasteiger partial charge < -0.3 is 10.4 Å². The summed E-state index contributed by atoms with van der Waals surface area (Å²) in [4.78, 5) is 11.9. The van der Waals surface area contributed by atoms with Crippen LogP contribution < -0.4 is 5.32 Å². The van der Waals surface area contributed by atoms with E-state index in [9.17, 15) is 9.90 Å². The third-order valence-corrected chi connectivity index (χ3v) is 3.73. The van der Waals surface area contributed by atoms with Crippen molar-refractivity contribution in [1.29, 1.82) is 0 Å². The number of rotatable bonds is 3. The zero-order valence-electron chi connectivity index (χ0n) is 8.87. The Labute approximate surface area is 103 Å². The lowest BCUT2D eigenvalue weighted by molar-refractivity contribution is -0.133. The molecule has 0 aromatic heterocycles. The van der Waals surface area contributed by atoms with Crippen molar-refractivity contribution in [2.24, 2.45) is 5.41 Å². The molecule has 86 valence electrons. The van der Waals surface area contributed by atoms with Crippen molar-refractivity contribution < 1.29 is 9.90 Å². The van der Waals surface area contributed by atoms with Crippen LogP contribution in [0.25, 0.3) is 0 Å². The van der Waals surface area contributed by atoms with E-state index in [0.717, 1.165) is 29.4 Å². The standard InChI is InChI=1S/C12H14BrNO2/c13-9-2-4-10(5-3-9)14-11(16)12(8-15)6-1-7-12/h2-5,15H,1,6-8H2,(H,14,16). The largest absolute Gasteiger partial charge is 0.395 e. The lowest BCUT2D eigenvalue weighted by Crippen LogP contribution is -2.44. The number of anilines is 1. The molecule has 0 saturated heterocycles. The van der Waals surface area contributed by atoms with E-state index in [0.29, 0.717) is 0 Å². The molecule has 1 aromatic rings. The van der Waals surface area contributed by atoms with Crippen molar-refractivity contribution in [3.8, 4) is 0 Å². The van der Waals surface area contributed by atoms with Gasteiger partial charge in [-0.2, -0.15) is 0 Å². The van der Waals surface area contributed by atoms with Gasteiger partial charge in [0.2, 0.25) is 5.91 Å². The lowest BCUT2D eigenvalue weighted by Gasteiger charge is -2.38. The maximum atomic E-state index is 11.9. The van der Waals surface area contributed by atoms with Crippen LogP contribution in [0.2, 0.25) is 0 Å². The number of carbonyl (C=O) groups is 1. The minimum atomic E-state index is -0.535. The molecule has 0 heterocycles. The fourth-order valence-electron chi connectivity index (χ4n) is 1.86. The average molecular weight is 284 g/mol. The highest BCUT2D eigenvalue weighted by atomic mass is 79.9. The predicted molar refractivity (Wildman–Crippen MR) is 66.1 cm³/mol. The Morgan fingerprint density at radius 3 is 2.44 bits per heavy atom. The fourth-order valence-corrected chi connectivity index (χ4v) is 2.12. The summed E-state index contributed by atoms with van der Waals surface area (Å²) in [5, 5.41) is 12.1. The molecule has 0 atom stereocenters. The predicted octanol–water partition coefficient (Wildman–Crippen LogP) is 2.55. The Morgan fingerprint density at radius 1 is 1.38 bits per heavy atom. The maximum Gasteiger partial charge on any atom is 0.232 e. The van der Waals surface area contributed by atoms with Gasteiger partial charge in [-0.25, -0.2) is 0 Å². The summed E-state index contributed by atoms with van der Waals surface area (Å²) in [7, 11) is 0. The molecule has 1 amide bonds. The van der Waals surface area contributed by atoms with Crippen molar-refractivity contribution in [1.82, 2.24) is 0 Å². The summed E-state index contributed by atoms with van der Waals surface area (Å²) >= 11 is 3.34. The number of hydrogen-bond donors (Lipinski definition) is 2. The molecule has 1 fully saturated rings. The molecule has 0 unspecified atom stereocenters. The summed E-state index contributed by atoms with van der Waals surface area (Å²) in [5.41, 5.74) is 0.237. The van der Waals surface area contributed by atoms with E-state index >= 15 is 0 Å². The highest BCUT2D eigenvalue weighted by molar-refractivity contribution is 9.10. The quantitative estimate of drug-likeness (QED) is 0.896. The van der Waals surface area contributed by atoms with Gasteiger partial charge in [-0.15, -0.1) is 0 Å². The number of nitrogens with one attached hydrogen (secondary N) is 1. The first-order chi connectivity index (χ1) is 7.66. The molecule has 2 N–H and O–H groups in total. The zero-order chi connectivity index (χ0) is 11.6. The van der Waals surface area contributed by atoms with Gasteiger partial charge in [-0.3, -0.25) is 4.79 Å². The molecule has 0 bridgehead atoms. The van der Waals surface area contributed by atoms with Crippen LogP contribution in [-0.2, 0) is 4.79 Å². The third kappa shape index (κ3) is 2.13. The second-order valence-electron chi connectivity index (χ2n) is 4.25. The number of aliphatic hydroxyl groups is 1. The highest BCUT2D eigenvalue weighted by Gasteiger charge is 2.43. The van der Waals surface area contributed by atoms with Crippen LogP contribution in [0.3, 0.4) is 0 Å². The monoisotopic (exact) mass is 283 g/mol. The van der Waals surface area contributed by atoms with Gasteiger partial charge in [0.15, 0.2) is 0 Å². The van der Waals surface area contributed by atoms with Crippen LogP contribution in [0, 0.1) is 5.41 Å². The molecular formula is C12H14BrNO2. The summed E-state index contributed by atoms with van der Waals surface area (Å²) in [6.07, 6.45) is 2.59. The maximum absolute atomic E-state index is 11.9. The number of hydrogen-bond acceptors (Lipinski definition) is 2. The van der Waals surface area contributed by atoms with Gasteiger partial charge in [0, 0.05) is 10.2 Å². The Bertz CT molecular complexity index is 379. The van der Waals surface area contributed by atoms with Gasteiger partial charge in [-0.1, -0.05) is 22.4 Å². The Hall–Kier alpha value is -0.870. The van der Waals surface area contributed by atoms with Crippen LogP contribution in [-0.4, -0.2) is 17.6 Å². The first-order valence-electron chi connectivity index (χ1n) is 5.34. The SMILES string of the molecule is O=C(Nc1ccc(Br)cc1)C1(CO)CCC1. The van der Waals surface area contributed by atoms with Crippen LogP contribution in [0.1, 0.15) is 19.3 Å². The molecule has 4 heteroatoms. The second-order valence-corrected chi connectivity index (χ2v) is 5.17. The lowest BCUT2D eigenvalue weighted by atomic mass is 9.68. The molecule has 0 radical (unpaired) electrons. The van der Waals surface area contributed by atoms with E-state index in [1.807, 2.05) is 24.3 Å². The Kier molecular flexibility index (Phi) is 3.30.